The molecule has 0 saturated carbocycles. The monoisotopic (exact) mass is 409 g/mol. The van der Waals surface area contributed by atoms with Crippen LogP contribution >= 0.6 is 11.3 Å². The topological polar surface area (TPSA) is 38.8 Å². The molecule has 1 aromatic heterocycles. The Morgan fingerprint density at radius 1 is 1.14 bits per heavy atom. The van der Waals surface area contributed by atoms with Gasteiger partial charge in [0, 0.05) is 30.7 Å². The lowest BCUT2D eigenvalue weighted by atomic mass is 9.99. The molecular weight excluding hydrogens is 382 g/mol. The molecule has 0 N–H and O–H groups in total. The summed E-state index contributed by atoms with van der Waals surface area (Å²) in [6, 6.07) is 16.4. The Morgan fingerprint density at radius 2 is 1.97 bits per heavy atom. The van der Waals surface area contributed by atoms with Crippen molar-refractivity contribution in [3.05, 3.63) is 64.4 Å². The normalized spacial score (nSPS) is 14.8. The molecule has 152 valence electrons. The second kappa shape index (κ2) is 9.42. The number of nitrogens with zero attached hydrogens (tertiary/aromatic N) is 1. The van der Waals surface area contributed by atoms with Gasteiger partial charge in [0.2, 0.25) is 0 Å². The van der Waals surface area contributed by atoms with E-state index in [4.69, 9.17) is 9.47 Å². The van der Waals surface area contributed by atoms with Crippen molar-refractivity contribution in [3.8, 4) is 5.75 Å². The van der Waals surface area contributed by atoms with Gasteiger partial charge in [-0.15, -0.1) is 11.3 Å². The lowest BCUT2D eigenvalue weighted by Gasteiger charge is -2.35. The van der Waals surface area contributed by atoms with Gasteiger partial charge in [-0.2, -0.15) is 0 Å². The number of carbonyl (C=O) groups is 1. The van der Waals surface area contributed by atoms with Crippen molar-refractivity contribution in [1.82, 2.24) is 4.90 Å². The molecule has 0 spiro atoms. The van der Waals surface area contributed by atoms with E-state index in [-0.39, 0.29) is 11.9 Å². The maximum atomic E-state index is 13.9. The predicted molar refractivity (Wildman–Crippen MR) is 118 cm³/mol. The van der Waals surface area contributed by atoms with Gasteiger partial charge in [0.1, 0.15) is 5.75 Å². The van der Waals surface area contributed by atoms with E-state index in [1.165, 1.54) is 4.88 Å². The zero-order valence-corrected chi connectivity index (χ0v) is 17.6. The molecule has 1 saturated heterocycles. The summed E-state index contributed by atoms with van der Waals surface area (Å²) in [5.41, 5.74) is 0.683. The first kappa shape index (κ1) is 19.9. The van der Waals surface area contributed by atoms with Crippen LogP contribution in [0.15, 0.2) is 53.9 Å². The van der Waals surface area contributed by atoms with Gasteiger partial charge in [-0.3, -0.25) is 4.79 Å². The van der Waals surface area contributed by atoms with Gasteiger partial charge in [0.25, 0.3) is 5.91 Å². The van der Waals surface area contributed by atoms with E-state index in [2.05, 4.69) is 22.4 Å². The van der Waals surface area contributed by atoms with Gasteiger partial charge in [0.15, 0.2) is 0 Å². The maximum Gasteiger partial charge on any atom is 0.258 e. The Bertz CT molecular complexity index is 948. The minimum Gasteiger partial charge on any atom is -0.493 e. The highest BCUT2D eigenvalue weighted by Crippen LogP contribution is 2.31. The molecular formula is C24H27NO3S. The van der Waals surface area contributed by atoms with E-state index >= 15 is 0 Å². The molecule has 2 aromatic carbocycles. The molecule has 2 heterocycles. The van der Waals surface area contributed by atoms with E-state index in [1.807, 2.05) is 43.3 Å². The summed E-state index contributed by atoms with van der Waals surface area (Å²) in [6.07, 6.45) is 2.63. The first-order valence-corrected chi connectivity index (χ1v) is 11.2. The number of rotatable bonds is 7. The van der Waals surface area contributed by atoms with Crippen LogP contribution in [0.3, 0.4) is 0 Å². The Hall–Kier alpha value is -2.37. The second-order valence-corrected chi connectivity index (χ2v) is 8.30. The minimum absolute atomic E-state index is 0.0636. The number of thiophene rings is 1. The van der Waals surface area contributed by atoms with Crippen LogP contribution in [0.25, 0.3) is 10.8 Å². The zero-order chi connectivity index (χ0) is 20.1. The van der Waals surface area contributed by atoms with E-state index in [0.717, 1.165) is 30.0 Å². The summed E-state index contributed by atoms with van der Waals surface area (Å²) < 4.78 is 11.4. The molecule has 1 aliphatic rings. The highest BCUT2D eigenvalue weighted by Gasteiger charge is 2.29. The van der Waals surface area contributed by atoms with Crippen LogP contribution in [0.5, 0.6) is 5.75 Å². The van der Waals surface area contributed by atoms with Crippen molar-refractivity contribution in [2.75, 3.05) is 26.4 Å². The van der Waals surface area contributed by atoms with Crippen molar-refractivity contribution in [3.63, 3.8) is 0 Å². The highest BCUT2D eigenvalue weighted by molar-refractivity contribution is 7.09. The summed E-state index contributed by atoms with van der Waals surface area (Å²) >= 11 is 1.75. The first-order valence-electron chi connectivity index (χ1n) is 10.3. The van der Waals surface area contributed by atoms with Crippen LogP contribution in [0.2, 0.25) is 0 Å². The van der Waals surface area contributed by atoms with Gasteiger partial charge in [0.05, 0.1) is 12.2 Å². The second-order valence-electron chi connectivity index (χ2n) is 7.26. The first-order chi connectivity index (χ1) is 14.3. The van der Waals surface area contributed by atoms with Crippen LogP contribution in [0, 0.1) is 0 Å². The van der Waals surface area contributed by atoms with Crippen molar-refractivity contribution in [2.45, 2.75) is 32.2 Å². The van der Waals surface area contributed by atoms with Crippen LogP contribution < -0.4 is 4.74 Å². The molecule has 0 atom stereocenters. The van der Waals surface area contributed by atoms with E-state index in [1.54, 1.807) is 11.3 Å². The van der Waals surface area contributed by atoms with Crippen molar-refractivity contribution >= 4 is 28.0 Å². The number of fused-ring (bicyclic) bond motifs is 1. The molecule has 1 fully saturated rings. The van der Waals surface area contributed by atoms with E-state index < -0.39 is 0 Å². The third-order valence-electron chi connectivity index (χ3n) is 5.48. The summed E-state index contributed by atoms with van der Waals surface area (Å²) in [7, 11) is 0. The molecule has 3 aromatic rings. The van der Waals surface area contributed by atoms with Crippen LogP contribution in [-0.2, 0) is 11.2 Å². The molecule has 0 radical (unpaired) electrons. The van der Waals surface area contributed by atoms with Gasteiger partial charge in [-0.25, -0.2) is 0 Å². The van der Waals surface area contributed by atoms with Crippen molar-refractivity contribution in [2.24, 2.45) is 0 Å². The molecule has 1 aliphatic heterocycles. The van der Waals surface area contributed by atoms with Gasteiger partial charge in [-0.05, 0) is 54.5 Å². The highest BCUT2D eigenvalue weighted by atomic mass is 32.1. The molecule has 4 nitrogen and oxygen atoms in total. The average molecular weight is 410 g/mol. The Kier molecular flexibility index (Phi) is 6.47. The molecule has 1 amide bonds. The SMILES string of the molecule is CCOc1ccc2ccccc2c1C(=O)N(CCc1cccs1)C1CCOCC1. The van der Waals surface area contributed by atoms with Gasteiger partial charge < -0.3 is 14.4 Å². The number of carbonyl (C=O) groups excluding carboxylic acids is 1. The lowest BCUT2D eigenvalue weighted by Crippen LogP contribution is -2.44. The molecule has 29 heavy (non-hydrogen) atoms. The molecule has 0 bridgehead atoms. The van der Waals surface area contributed by atoms with E-state index in [0.29, 0.717) is 37.7 Å². The predicted octanol–water partition coefficient (Wildman–Crippen LogP) is 5.16. The quantitative estimate of drug-likeness (QED) is 0.541. The third-order valence-corrected chi connectivity index (χ3v) is 6.41. The zero-order valence-electron chi connectivity index (χ0n) is 16.8. The van der Waals surface area contributed by atoms with Gasteiger partial charge >= 0.3 is 0 Å². The summed E-state index contributed by atoms with van der Waals surface area (Å²) in [5.74, 6) is 0.734. The Labute approximate surface area is 176 Å². The average Bonchev–Trinajstić information content (AvgIpc) is 3.28. The Balaban J connectivity index is 1.71. The number of benzene rings is 2. The summed E-state index contributed by atoms with van der Waals surface area (Å²) in [4.78, 5) is 17.3. The van der Waals surface area contributed by atoms with Crippen LogP contribution in [0.4, 0.5) is 0 Å². The van der Waals surface area contributed by atoms with Crippen LogP contribution in [0.1, 0.15) is 35.0 Å². The fraction of sp³-hybridized carbons (Fsp3) is 0.375. The van der Waals surface area contributed by atoms with E-state index in [9.17, 15) is 4.79 Å². The number of hydrogen-bond donors (Lipinski definition) is 0. The largest absolute Gasteiger partial charge is 0.493 e. The smallest absolute Gasteiger partial charge is 0.258 e. The number of ether oxygens (including phenoxy) is 2. The molecule has 5 heteroatoms. The fourth-order valence-corrected chi connectivity index (χ4v) is 4.72. The fourth-order valence-electron chi connectivity index (χ4n) is 4.02. The van der Waals surface area contributed by atoms with Gasteiger partial charge in [-0.1, -0.05) is 36.4 Å². The molecule has 0 unspecified atom stereocenters. The standard InChI is InChI=1S/C24H27NO3S/c1-2-28-22-10-9-18-6-3-4-8-21(18)23(22)24(26)25(19-12-15-27-16-13-19)14-11-20-7-5-17-29-20/h3-10,17,19H,2,11-16H2,1H3. The molecule has 0 aliphatic carbocycles. The number of hydrogen-bond acceptors (Lipinski definition) is 4. The molecule has 4 rings (SSSR count). The maximum absolute atomic E-state index is 13.9. The lowest BCUT2D eigenvalue weighted by molar-refractivity contribution is 0.0293. The summed E-state index contributed by atoms with van der Waals surface area (Å²) in [5, 5.41) is 4.11. The summed E-state index contributed by atoms with van der Waals surface area (Å²) in [6.45, 7) is 4.61. The third kappa shape index (κ3) is 4.46. The van der Waals surface area contributed by atoms with Crippen molar-refractivity contribution < 1.29 is 14.3 Å². The Morgan fingerprint density at radius 3 is 2.72 bits per heavy atom. The number of amides is 1. The van der Waals surface area contributed by atoms with Crippen LogP contribution in [-0.4, -0.2) is 43.2 Å². The minimum atomic E-state index is 0.0636. The van der Waals surface area contributed by atoms with Crippen molar-refractivity contribution in [1.29, 1.82) is 0 Å².